The Bertz CT molecular complexity index is 183. The first-order chi connectivity index (χ1) is 5.47. The minimum atomic E-state index is 1.14. The molecule has 0 atom stereocenters. The first-order valence-electron chi connectivity index (χ1n) is 4.56. The monoisotopic (exact) mass is 149 g/mol. The molecule has 2 rings (SSSR count). The number of hydrogen-bond donors (Lipinski definition) is 0. The van der Waals surface area contributed by atoms with Gasteiger partial charge in [-0.2, -0.15) is 0 Å². The highest BCUT2D eigenvalue weighted by atomic mass is 15.1. The van der Waals surface area contributed by atoms with Gasteiger partial charge in [-0.15, -0.1) is 0 Å². The van der Waals surface area contributed by atoms with Gasteiger partial charge < -0.3 is 4.90 Å². The summed E-state index contributed by atoms with van der Waals surface area (Å²) in [6.45, 7) is 2.29. The van der Waals surface area contributed by atoms with Crippen molar-refractivity contribution in [3.8, 4) is 0 Å². The summed E-state index contributed by atoms with van der Waals surface area (Å²) in [6.07, 6.45) is 12.3. The van der Waals surface area contributed by atoms with E-state index in [4.69, 9.17) is 0 Å². The van der Waals surface area contributed by atoms with Gasteiger partial charge in [0.2, 0.25) is 0 Å². The van der Waals surface area contributed by atoms with Crippen molar-refractivity contribution in [1.82, 2.24) is 4.90 Å². The fraction of sp³-hybridized carbons (Fsp3) is 0.600. The lowest BCUT2D eigenvalue weighted by atomic mass is 10.0. The molecular weight excluding hydrogens is 134 g/mol. The second-order valence-electron chi connectivity index (χ2n) is 3.32. The van der Waals surface area contributed by atoms with E-state index < -0.39 is 0 Å². The Labute approximate surface area is 68.4 Å². The quantitative estimate of drug-likeness (QED) is 0.517. The van der Waals surface area contributed by atoms with Crippen molar-refractivity contribution in [2.45, 2.75) is 25.7 Å². The van der Waals surface area contributed by atoms with Crippen LogP contribution in [0.15, 0.2) is 23.9 Å². The maximum Gasteiger partial charge on any atom is 0.0360 e. The standard InChI is InChI=1S/C10H15N/c1-2-6-10(7-3-1)11-8-4-5-9-11/h4-6H,1-3,7-9H2. The first kappa shape index (κ1) is 6.96. The van der Waals surface area contributed by atoms with E-state index in [1.54, 1.807) is 5.70 Å². The van der Waals surface area contributed by atoms with Crippen LogP contribution in [0.4, 0.5) is 0 Å². The lowest BCUT2D eigenvalue weighted by molar-refractivity contribution is 0.406. The number of rotatable bonds is 1. The topological polar surface area (TPSA) is 3.24 Å². The fourth-order valence-corrected chi connectivity index (χ4v) is 1.82. The van der Waals surface area contributed by atoms with Crippen LogP contribution in [-0.4, -0.2) is 18.0 Å². The van der Waals surface area contributed by atoms with E-state index in [2.05, 4.69) is 23.1 Å². The normalized spacial score (nSPS) is 24.0. The van der Waals surface area contributed by atoms with E-state index >= 15 is 0 Å². The molecule has 0 unspecified atom stereocenters. The first-order valence-corrected chi connectivity index (χ1v) is 4.56. The van der Waals surface area contributed by atoms with Crippen molar-refractivity contribution < 1.29 is 0 Å². The number of allylic oxidation sites excluding steroid dienone is 2. The van der Waals surface area contributed by atoms with Crippen molar-refractivity contribution in [3.63, 3.8) is 0 Å². The average Bonchev–Trinajstić information content (AvgIpc) is 2.58. The molecule has 2 aliphatic rings. The molecule has 1 aliphatic heterocycles. The molecule has 11 heavy (non-hydrogen) atoms. The van der Waals surface area contributed by atoms with Crippen molar-refractivity contribution in [1.29, 1.82) is 0 Å². The largest absolute Gasteiger partial charge is 0.368 e. The average molecular weight is 149 g/mol. The van der Waals surface area contributed by atoms with E-state index in [1.807, 2.05) is 0 Å². The molecule has 0 saturated carbocycles. The van der Waals surface area contributed by atoms with Crippen LogP contribution < -0.4 is 0 Å². The minimum absolute atomic E-state index is 1.14. The van der Waals surface area contributed by atoms with Crippen molar-refractivity contribution >= 4 is 0 Å². The predicted octanol–water partition coefficient (Wildman–Crippen LogP) is 2.32. The van der Waals surface area contributed by atoms with Crippen LogP contribution >= 0.6 is 0 Å². The molecule has 0 spiro atoms. The van der Waals surface area contributed by atoms with E-state index in [0.717, 1.165) is 13.1 Å². The zero-order valence-electron chi connectivity index (χ0n) is 6.92. The molecule has 0 aromatic heterocycles. The Balaban J connectivity index is 1.97. The lowest BCUT2D eigenvalue weighted by Crippen LogP contribution is -2.20. The summed E-state index contributed by atoms with van der Waals surface area (Å²) in [4.78, 5) is 2.47. The van der Waals surface area contributed by atoms with Crippen LogP contribution in [0.2, 0.25) is 0 Å². The Morgan fingerprint density at radius 1 is 1.09 bits per heavy atom. The van der Waals surface area contributed by atoms with E-state index in [1.165, 1.54) is 25.7 Å². The maximum absolute atomic E-state index is 2.47. The highest BCUT2D eigenvalue weighted by molar-refractivity contribution is 5.11. The van der Waals surface area contributed by atoms with Crippen LogP contribution in [0.25, 0.3) is 0 Å². The third-order valence-corrected chi connectivity index (χ3v) is 2.49. The molecule has 1 nitrogen and oxygen atoms in total. The Kier molecular flexibility index (Phi) is 1.97. The number of nitrogens with zero attached hydrogens (tertiary/aromatic N) is 1. The van der Waals surface area contributed by atoms with Gasteiger partial charge in [0.15, 0.2) is 0 Å². The molecule has 0 aromatic rings. The molecule has 0 N–H and O–H groups in total. The molecule has 0 fully saturated rings. The molecule has 1 heterocycles. The Morgan fingerprint density at radius 2 is 1.91 bits per heavy atom. The highest BCUT2D eigenvalue weighted by Crippen LogP contribution is 2.21. The summed E-state index contributed by atoms with van der Waals surface area (Å²) in [7, 11) is 0. The van der Waals surface area contributed by atoms with Crippen LogP contribution in [0.5, 0.6) is 0 Å². The zero-order valence-corrected chi connectivity index (χ0v) is 6.92. The summed E-state index contributed by atoms with van der Waals surface area (Å²) in [5, 5.41) is 0. The van der Waals surface area contributed by atoms with Crippen LogP contribution in [0, 0.1) is 0 Å². The molecule has 0 saturated heterocycles. The molecule has 1 aliphatic carbocycles. The maximum atomic E-state index is 2.47. The van der Waals surface area contributed by atoms with Crippen LogP contribution in [0.3, 0.4) is 0 Å². The summed E-state index contributed by atoms with van der Waals surface area (Å²) in [5.74, 6) is 0. The smallest absolute Gasteiger partial charge is 0.0360 e. The molecule has 0 amide bonds. The summed E-state index contributed by atoms with van der Waals surface area (Å²) in [6, 6.07) is 0. The number of hydrogen-bond acceptors (Lipinski definition) is 1. The fourth-order valence-electron chi connectivity index (χ4n) is 1.82. The van der Waals surface area contributed by atoms with Gasteiger partial charge in [-0.05, 0) is 25.7 Å². The molecular formula is C10H15N. The highest BCUT2D eigenvalue weighted by Gasteiger charge is 2.11. The zero-order chi connectivity index (χ0) is 7.52. The second-order valence-corrected chi connectivity index (χ2v) is 3.32. The SMILES string of the molecule is C1=CCN(C2=CCCCC2)C1. The lowest BCUT2D eigenvalue weighted by Gasteiger charge is -2.24. The molecule has 0 radical (unpaired) electrons. The van der Waals surface area contributed by atoms with Crippen LogP contribution in [0.1, 0.15) is 25.7 Å². The van der Waals surface area contributed by atoms with Gasteiger partial charge in [-0.1, -0.05) is 18.2 Å². The molecule has 60 valence electrons. The van der Waals surface area contributed by atoms with E-state index in [-0.39, 0.29) is 0 Å². The molecule has 1 heteroatoms. The van der Waals surface area contributed by atoms with E-state index in [0.29, 0.717) is 0 Å². The third-order valence-electron chi connectivity index (χ3n) is 2.49. The molecule has 0 bridgehead atoms. The van der Waals surface area contributed by atoms with Crippen molar-refractivity contribution in [2.75, 3.05) is 13.1 Å². The van der Waals surface area contributed by atoms with Crippen molar-refractivity contribution in [3.05, 3.63) is 23.9 Å². The minimum Gasteiger partial charge on any atom is -0.368 e. The predicted molar refractivity (Wildman–Crippen MR) is 47.3 cm³/mol. The van der Waals surface area contributed by atoms with Gasteiger partial charge in [0.05, 0.1) is 0 Å². The third kappa shape index (κ3) is 1.47. The van der Waals surface area contributed by atoms with Gasteiger partial charge in [0.1, 0.15) is 0 Å². The summed E-state index contributed by atoms with van der Waals surface area (Å²) >= 11 is 0. The van der Waals surface area contributed by atoms with Gasteiger partial charge in [0, 0.05) is 18.8 Å². The van der Waals surface area contributed by atoms with Gasteiger partial charge in [0.25, 0.3) is 0 Å². The van der Waals surface area contributed by atoms with Crippen LogP contribution in [-0.2, 0) is 0 Å². The van der Waals surface area contributed by atoms with Gasteiger partial charge >= 0.3 is 0 Å². The molecule has 0 aromatic carbocycles. The Hall–Kier alpha value is -0.720. The summed E-state index contributed by atoms with van der Waals surface area (Å²) < 4.78 is 0. The second kappa shape index (κ2) is 3.12. The van der Waals surface area contributed by atoms with Crippen molar-refractivity contribution in [2.24, 2.45) is 0 Å². The van der Waals surface area contributed by atoms with Gasteiger partial charge in [-0.25, -0.2) is 0 Å². The van der Waals surface area contributed by atoms with Gasteiger partial charge in [-0.3, -0.25) is 0 Å². The van der Waals surface area contributed by atoms with E-state index in [9.17, 15) is 0 Å². The summed E-state index contributed by atoms with van der Waals surface area (Å²) in [5.41, 5.74) is 1.58. The Morgan fingerprint density at radius 3 is 2.55 bits per heavy atom.